The summed E-state index contributed by atoms with van der Waals surface area (Å²) in [7, 11) is 0. The summed E-state index contributed by atoms with van der Waals surface area (Å²) in [6, 6.07) is 8.30. The van der Waals surface area contributed by atoms with Crippen molar-refractivity contribution in [2.24, 2.45) is 5.92 Å². The molecule has 1 aromatic carbocycles. The molecule has 0 atom stereocenters. The lowest BCUT2D eigenvalue weighted by molar-refractivity contribution is -0.146. The Morgan fingerprint density at radius 1 is 1.19 bits per heavy atom. The Balaban J connectivity index is 1.50. The molecule has 0 radical (unpaired) electrons. The van der Waals surface area contributed by atoms with E-state index in [1.54, 1.807) is 23.1 Å². The standard InChI is InChI=1S/C24H19Cl2F3N6O/c25-19-8-33-9-20(26)18(19)12-36-16-1-2-21(31)17(4-16)22(32)15-3-14(6-30)23(34-7-15)35-10-13(11-35)5-24(27,28)29/h1-4,7-9,13,32H,5,10-12,31H2. The number of nitrogen functional groups attached to an aromatic ring is 1. The van der Waals surface area contributed by atoms with Crippen LogP contribution in [0.15, 0.2) is 42.9 Å². The predicted molar refractivity (Wildman–Crippen MR) is 131 cm³/mol. The summed E-state index contributed by atoms with van der Waals surface area (Å²) in [5, 5.41) is 18.9. The van der Waals surface area contributed by atoms with Crippen LogP contribution in [-0.2, 0) is 6.61 Å². The summed E-state index contributed by atoms with van der Waals surface area (Å²) in [5.41, 5.74) is 7.82. The fraction of sp³-hybridized carbons (Fsp3) is 0.250. The number of aromatic nitrogens is 2. The van der Waals surface area contributed by atoms with Crippen molar-refractivity contribution >= 4 is 40.4 Å². The zero-order chi connectivity index (χ0) is 26.0. The van der Waals surface area contributed by atoms with Crippen LogP contribution in [0.5, 0.6) is 5.75 Å². The number of ether oxygens (including phenoxy) is 1. The Morgan fingerprint density at radius 3 is 2.53 bits per heavy atom. The molecule has 4 rings (SSSR count). The lowest BCUT2D eigenvalue weighted by Gasteiger charge is -2.40. The molecule has 36 heavy (non-hydrogen) atoms. The lowest BCUT2D eigenvalue weighted by Crippen LogP contribution is -2.49. The van der Waals surface area contributed by atoms with E-state index < -0.39 is 18.5 Å². The molecular weight excluding hydrogens is 516 g/mol. The molecule has 0 aliphatic carbocycles. The SMILES string of the molecule is N#Cc1cc(C(=N)c2cc(OCc3c(Cl)cncc3Cl)ccc2N)cnc1N1CC(CC(F)(F)F)C1. The van der Waals surface area contributed by atoms with Gasteiger partial charge in [0.2, 0.25) is 0 Å². The molecule has 1 aliphatic rings. The highest BCUT2D eigenvalue weighted by molar-refractivity contribution is 6.35. The number of alkyl halides is 3. The Bertz CT molecular complexity index is 1330. The van der Waals surface area contributed by atoms with Crippen molar-refractivity contribution in [1.82, 2.24) is 9.97 Å². The third kappa shape index (κ3) is 5.64. The van der Waals surface area contributed by atoms with Crippen LogP contribution in [0.3, 0.4) is 0 Å². The lowest BCUT2D eigenvalue weighted by atomic mass is 9.95. The highest BCUT2D eigenvalue weighted by Crippen LogP contribution is 2.34. The molecule has 1 aliphatic heterocycles. The van der Waals surface area contributed by atoms with Crippen molar-refractivity contribution in [2.45, 2.75) is 19.2 Å². The van der Waals surface area contributed by atoms with Gasteiger partial charge in [-0.1, -0.05) is 23.2 Å². The average Bonchev–Trinajstić information content (AvgIpc) is 2.80. The van der Waals surface area contributed by atoms with Gasteiger partial charge in [0.15, 0.2) is 0 Å². The van der Waals surface area contributed by atoms with E-state index in [1.807, 2.05) is 6.07 Å². The largest absolute Gasteiger partial charge is 0.489 e. The first kappa shape index (κ1) is 25.5. The summed E-state index contributed by atoms with van der Waals surface area (Å²) >= 11 is 12.3. The van der Waals surface area contributed by atoms with Crippen molar-refractivity contribution in [3.63, 3.8) is 0 Å². The minimum absolute atomic E-state index is 0.00651. The second-order valence-corrected chi connectivity index (χ2v) is 9.11. The first-order valence-corrected chi connectivity index (χ1v) is 11.4. The van der Waals surface area contributed by atoms with E-state index in [-0.39, 0.29) is 31.0 Å². The molecule has 1 fully saturated rings. The van der Waals surface area contributed by atoms with Crippen molar-refractivity contribution < 1.29 is 17.9 Å². The van der Waals surface area contributed by atoms with Gasteiger partial charge in [-0.25, -0.2) is 4.98 Å². The molecule has 0 saturated carbocycles. The predicted octanol–water partition coefficient (Wildman–Crippen LogP) is 5.62. The van der Waals surface area contributed by atoms with E-state index in [4.69, 9.17) is 39.1 Å². The number of rotatable bonds is 7. The third-order valence-corrected chi connectivity index (χ3v) is 6.33. The Hall–Kier alpha value is -3.55. The number of benzene rings is 1. The van der Waals surface area contributed by atoms with Crippen LogP contribution in [0.2, 0.25) is 10.0 Å². The number of hydrogen-bond donors (Lipinski definition) is 2. The number of nitrogens with zero attached hydrogens (tertiary/aromatic N) is 4. The van der Waals surface area contributed by atoms with Crippen molar-refractivity contribution in [3.05, 3.63) is 75.2 Å². The zero-order valence-corrected chi connectivity index (χ0v) is 20.1. The van der Waals surface area contributed by atoms with Gasteiger partial charge in [0.1, 0.15) is 24.2 Å². The first-order valence-electron chi connectivity index (χ1n) is 10.7. The molecule has 3 N–H and O–H groups in total. The smallest absolute Gasteiger partial charge is 0.389 e. The van der Waals surface area contributed by atoms with E-state index in [0.29, 0.717) is 44.0 Å². The van der Waals surface area contributed by atoms with Crippen LogP contribution in [0.25, 0.3) is 0 Å². The van der Waals surface area contributed by atoms with Crippen LogP contribution in [0.4, 0.5) is 24.7 Å². The van der Waals surface area contributed by atoms with Gasteiger partial charge >= 0.3 is 6.18 Å². The maximum absolute atomic E-state index is 12.6. The van der Waals surface area contributed by atoms with Crippen LogP contribution >= 0.6 is 23.2 Å². The maximum atomic E-state index is 12.6. The summed E-state index contributed by atoms with van der Waals surface area (Å²) in [4.78, 5) is 9.79. The molecule has 1 saturated heterocycles. The normalized spacial score (nSPS) is 13.7. The number of hydrogen-bond acceptors (Lipinski definition) is 7. The van der Waals surface area contributed by atoms with E-state index in [9.17, 15) is 18.4 Å². The molecule has 0 bridgehead atoms. The molecule has 3 heterocycles. The molecule has 3 aromatic rings. The average molecular weight is 535 g/mol. The third-order valence-electron chi connectivity index (χ3n) is 5.68. The number of pyridine rings is 2. The van der Waals surface area contributed by atoms with Gasteiger partial charge in [0.25, 0.3) is 0 Å². The summed E-state index contributed by atoms with van der Waals surface area (Å²) in [6.45, 7) is 0.391. The van der Waals surface area contributed by atoms with Crippen molar-refractivity contribution in [1.29, 1.82) is 10.7 Å². The Labute approximate surface area is 214 Å². The fourth-order valence-electron chi connectivity index (χ4n) is 3.86. The zero-order valence-electron chi connectivity index (χ0n) is 18.6. The van der Waals surface area contributed by atoms with Gasteiger partial charge < -0.3 is 15.4 Å². The van der Waals surface area contributed by atoms with Gasteiger partial charge in [0.05, 0.1) is 21.3 Å². The fourth-order valence-corrected chi connectivity index (χ4v) is 4.33. The van der Waals surface area contributed by atoms with Gasteiger partial charge in [-0.2, -0.15) is 18.4 Å². The molecule has 0 spiro atoms. The van der Waals surface area contributed by atoms with Crippen LogP contribution < -0.4 is 15.4 Å². The Morgan fingerprint density at radius 2 is 1.89 bits per heavy atom. The van der Waals surface area contributed by atoms with Crippen LogP contribution in [0.1, 0.15) is 28.7 Å². The first-order chi connectivity index (χ1) is 17.1. The number of nitriles is 1. The number of nitrogens with two attached hydrogens (primary N) is 1. The molecule has 186 valence electrons. The summed E-state index contributed by atoms with van der Waals surface area (Å²) in [5.74, 6) is 0.175. The van der Waals surface area contributed by atoms with E-state index in [0.717, 1.165) is 0 Å². The minimum Gasteiger partial charge on any atom is -0.489 e. The minimum atomic E-state index is -4.23. The quantitative estimate of drug-likeness (QED) is 0.300. The highest BCUT2D eigenvalue weighted by Gasteiger charge is 2.39. The molecule has 0 unspecified atom stereocenters. The van der Waals surface area contributed by atoms with Crippen molar-refractivity contribution in [3.8, 4) is 11.8 Å². The number of nitrogens with one attached hydrogen (secondary N) is 1. The van der Waals surface area contributed by atoms with Crippen LogP contribution in [0, 0.1) is 22.7 Å². The van der Waals surface area contributed by atoms with E-state index in [1.165, 1.54) is 24.7 Å². The molecule has 7 nitrogen and oxygen atoms in total. The highest BCUT2D eigenvalue weighted by atomic mass is 35.5. The van der Waals surface area contributed by atoms with E-state index >= 15 is 0 Å². The second-order valence-electron chi connectivity index (χ2n) is 8.29. The van der Waals surface area contributed by atoms with E-state index in [2.05, 4.69) is 9.97 Å². The van der Waals surface area contributed by atoms with Crippen LogP contribution in [-0.4, -0.2) is 34.9 Å². The topological polar surface area (TPSA) is 112 Å². The molecule has 2 aromatic heterocycles. The molecular formula is C24H19Cl2F3N6O. The van der Waals surface area contributed by atoms with Gasteiger partial charge in [-0.3, -0.25) is 10.4 Å². The Kier molecular flexibility index (Phi) is 7.24. The van der Waals surface area contributed by atoms with Gasteiger partial charge in [0, 0.05) is 66.4 Å². The van der Waals surface area contributed by atoms with Gasteiger partial charge in [-0.05, 0) is 24.3 Å². The second kappa shape index (κ2) is 10.2. The molecule has 0 amide bonds. The maximum Gasteiger partial charge on any atom is 0.389 e. The molecule has 12 heteroatoms. The van der Waals surface area contributed by atoms with Crippen molar-refractivity contribution in [2.75, 3.05) is 23.7 Å². The summed E-state index contributed by atoms with van der Waals surface area (Å²) in [6.07, 6.45) is -0.784. The number of anilines is 2. The van der Waals surface area contributed by atoms with Gasteiger partial charge in [-0.15, -0.1) is 0 Å². The number of halogens is 5. The monoisotopic (exact) mass is 534 g/mol. The summed E-state index contributed by atoms with van der Waals surface area (Å²) < 4.78 is 43.6.